The van der Waals surface area contributed by atoms with Crippen LogP contribution in [0.15, 0.2) is 0 Å². The number of hydrogen-bond acceptors (Lipinski definition) is 2. The highest BCUT2D eigenvalue weighted by atomic mass is 19.4. The minimum Gasteiger partial charge on any atom is -0.480 e. The molecule has 0 radical (unpaired) electrons. The van der Waals surface area contributed by atoms with Gasteiger partial charge in [-0.05, 0) is 0 Å². The molecule has 0 saturated carbocycles. The van der Waals surface area contributed by atoms with E-state index in [0.29, 0.717) is 0 Å². The molecule has 0 aromatic rings. The molecule has 0 aliphatic carbocycles. The lowest BCUT2D eigenvalue weighted by Gasteiger charge is -2.41. The quantitative estimate of drug-likeness (QED) is 0.784. The maximum Gasteiger partial charge on any atom is 0.415 e. The molecule has 0 aliphatic heterocycles. The van der Waals surface area contributed by atoms with E-state index in [2.05, 4.69) is 5.73 Å². The molecule has 0 saturated heterocycles. The summed E-state index contributed by atoms with van der Waals surface area (Å²) < 4.78 is 124. The number of aliphatic carboxylic acids is 1. The third kappa shape index (κ3) is 2.62. The van der Waals surface area contributed by atoms with Crippen molar-refractivity contribution >= 4 is 5.97 Å². The summed E-state index contributed by atoms with van der Waals surface area (Å²) in [4.78, 5) is 10.1. The van der Waals surface area contributed by atoms with Crippen LogP contribution in [0.5, 0.6) is 0 Å². The molecule has 0 aliphatic rings. The molecule has 0 fully saturated rings. The monoisotopic (exact) mass is 325 g/mol. The Morgan fingerprint density at radius 2 is 1.10 bits per heavy atom. The van der Waals surface area contributed by atoms with Crippen molar-refractivity contribution in [2.75, 3.05) is 0 Å². The second-order valence-electron chi connectivity index (χ2n) is 3.57. The van der Waals surface area contributed by atoms with Crippen LogP contribution in [0.25, 0.3) is 0 Å². The highest BCUT2D eigenvalue weighted by Crippen LogP contribution is 2.62. The van der Waals surface area contributed by atoms with Gasteiger partial charge in [-0.3, -0.25) is 4.79 Å². The van der Waals surface area contributed by atoms with Crippen molar-refractivity contribution in [3.05, 3.63) is 0 Å². The van der Waals surface area contributed by atoms with Gasteiger partial charge in [-0.1, -0.05) is 0 Å². The minimum atomic E-state index is -7.20. The highest BCUT2D eigenvalue weighted by Gasteiger charge is 2.88. The SMILES string of the molecule is N[C@H](C(=O)O)C(F)C(C(F)(F)F)(C(F)(F)F)C(F)(F)F. The summed E-state index contributed by atoms with van der Waals surface area (Å²) in [5.74, 6) is -2.79. The smallest absolute Gasteiger partial charge is 0.415 e. The number of halogens is 10. The van der Waals surface area contributed by atoms with Crippen molar-refractivity contribution in [2.24, 2.45) is 11.1 Å². The molecule has 0 rings (SSSR count). The van der Waals surface area contributed by atoms with Gasteiger partial charge in [0, 0.05) is 0 Å². The van der Waals surface area contributed by atoms with Crippen LogP contribution < -0.4 is 5.73 Å². The zero-order valence-electron chi connectivity index (χ0n) is 8.87. The Hall–Kier alpha value is -1.27. The number of carboxylic acids is 1. The number of carboxylic acid groups (broad SMARTS) is 1. The zero-order chi connectivity index (χ0) is 16.7. The standard InChI is InChI=1S/C7H5F10NO2/c8-2(1(18)3(19)20)4(5(9,10)11,6(12,13)14)7(15,16)17/h1-2H,18H2,(H,19,20)/t1-,2?/m0/s1. The van der Waals surface area contributed by atoms with Gasteiger partial charge >= 0.3 is 24.5 Å². The van der Waals surface area contributed by atoms with E-state index in [1.54, 1.807) is 0 Å². The molecule has 3 N–H and O–H groups in total. The normalized spacial score (nSPS) is 17.8. The van der Waals surface area contributed by atoms with Crippen molar-refractivity contribution in [3.8, 4) is 0 Å². The third-order valence-electron chi connectivity index (χ3n) is 2.36. The van der Waals surface area contributed by atoms with Crippen LogP contribution >= 0.6 is 0 Å². The predicted molar refractivity (Wildman–Crippen MR) is 41.1 cm³/mol. The Labute approximate surface area is 103 Å². The summed E-state index contributed by atoms with van der Waals surface area (Å²) in [6.45, 7) is 0. The molecule has 0 heterocycles. The maximum absolute atomic E-state index is 13.2. The van der Waals surface area contributed by atoms with E-state index in [-0.39, 0.29) is 0 Å². The van der Waals surface area contributed by atoms with E-state index in [1.165, 1.54) is 0 Å². The van der Waals surface area contributed by atoms with Crippen LogP contribution in [-0.2, 0) is 4.79 Å². The average molecular weight is 325 g/mol. The highest BCUT2D eigenvalue weighted by molar-refractivity contribution is 5.74. The number of carbonyl (C=O) groups is 1. The van der Waals surface area contributed by atoms with Gasteiger partial charge in [0.2, 0.25) is 0 Å². The Balaban J connectivity index is 6.41. The van der Waals surface area contributed by atoms with Crippen molar-refractivity contribution < 1.29 is 53.8 Å². The van der Waals surface area contributed by atoms with E-state index in [0.717, 1.165) is 0 Å². The Bertz CT molecular complexity index is 333. The van der Waals surface area contributed by atoms with Gasteiger partial charge in [0.15, 0.2) is 6.17 Å². The average Bonchev–Trinajstić information content (AvgIpc) is 2.09. The molecule has 0 aromatic heterocycles. The lowest BCUT2D eigenvalue weighted by atomic mass is 9.77. The molecule has 0 aromatic carbocycles. The molecule has 0 bridgehead atoms. The molecule has 2 atom stereocenters. The van der Waals surface area contributed by atoms with Gasteiger partial charge in [-0.25, -0.2) is 4.39 Å². The largest absolute Gasteiger partial charge is 0.480 e. The Kier molecular flexibility index (Phi) is 4.62. The number of hydrogen-bond donors (Lipinski definition) is 2. The molecular weight excluding hydrogens is 320 g/mol. The lowest BCUT2D eigenvalue weighted by molar-refractivity contribution is -0.442. The van der Waals surface area contributed by atoms with Crippen molar-refractivity contribution in [3.63, 3.8) is 0 Å². The van der Waals surface area contributed by atoms with Gasteiger partial charge in [0.1, 0.15) is 6.04 Å². The van der Waals surface area contributed by atoms with E-state index in [1.807, 2.05) is 0 Å². The summed E-state index contributed by atoms with van der Waals surface area (Å²) in [6, 6.07) is -3.68. The van der Waals surface area contributed by atoms with Crippen molar-refractivity contribution in [1.29, 1.82) is 0 Å². The fourth-order valence-corrected chi connectivity index (χ4v) is 1.35. The summed E-state index contributed by atoms with van der Waals surface area (Å²) in [7, 11) is 0. The second-order valence-corrected chi connectivity index (χ2v) is 3.57. The topological polar surface area (TPSA) is 63.3 Å². The van der Waals surface area contributed by atoms with E-state index < -0.39 is 42.1 Å². The van der Waals surface area contributed by atoms with Gasteiger partial charge in [0.05, 0.1) is 0 Å². The minimum absolute atomic E-state index is 2.79. The first-order valence-corrected chi connectivity index (χ1v) is 4.34. The van der Waals surface area contributed by atoms with Gasteiger partial charge in [0.25, 0.3) is 5.41 Å². The summed E-state index contributed by atoms with van der Waals surface area (Å²) in [6.07, 6.45) is -26.6. The molecule has 13 heteroatoms. The molecule has 3 nitrogen and oxygen atoms in total. The molecule has 0 spiro atoms. The van der Waals surface area contributed by atoms with E-state index >= 15 is 0 Å². The fourth-order valence-electron chi connectivity index (χ4n) is 1.35. The predicted octanol–water partition coefficient (Wildman–Crippen LogP) is 2.41. The maximum atomic E-state index is 13.2. The Morgan fingerprint density at radius 1 is 0.850 bits per heavy atom. The third-order valence-corrected chi connectivity index (χ3v) is 2.36. The molecule has 1 unspecified atom stereocenters. The number of alkyl halides is 10. The number of rotatable bonds is 3. The van der Waals surface area contributed by atoms with Crippen molar-refractivity contribution in [1.82, 2.24) is 0 Å². The van der Waals surface area contributed by atoms with Crippen LogP contribution in [0.2, 0.25) is 0 Å². The van der Waals surface area contributed by atoms with Crippen LogP contribution in [-0.4, -0.2) is 41.8 Å². The summed E-state index contributed by atoms with van der Waals surface area (Å²) >= 11 is 0. The molecule has 20 heavy (non-hydrogen) atoms. The molecule has 0 amide bonds. The van der Waals surface area contributed by atoms with Crippen molar-refractivity contribution in [2.45, 2.75) is 30.7 Å². The zero-order valence-corrected chi connectivity index (χ0v) is 8.87. The molecular formula is C7H5F10NO2. The number of nitrogens with two attached hydrogens (primary N) is 1. The lowest BCUT2D eigenvalue weighted by Crippen LogP contribution is -2.69. The van der Waals surface area contributed by atoms with Gasteiger partial charge in [-0.2, -0.15) is 39.5 Å². The summed E-state index contributed by atoms with van der Waals surface area (Å²) in [5.41, 5.74) is -2.74. The Morgan fingerprint density at radius 3 is 1.25 bits per heavy atom. The summed E-state index contributed by atoms with van der Waals surface area (Å²) in [5, 5.41) is 8.05. The van der Waals surface area contributed by atoms with Gasteiger partial charge < -0.3 is 10.8 Å². The van der Waals surface area contributed by atoms with E-state index in [4.69, 9.17) is 5.11 Å². The van der Waals surface area contributed by atoms with Crippen LogP contribution in [0.3, 0.4) is 0 Å². The van der Waals surface area contributed by atoms with Crippen LogP contribution in [0.1, 0.15) is 0 Å². The van der Waals surface area contributed by atoms with E-state index in [9.17, 15) is 48.7 Å². The first kappa shape index (κ1) is 18.7. The van der Waals surface area contributed by atoms with Gasteiger partial charge in [-0.15, -0.1) is 0 Å². The van der Waals surface area contributed by atoms with Crippen LogP contribution in [0.4, 0.5) is 43.9 Å². The molecule has 120 valence electrons. The van der Waals surface area contributed by atoms with Crippen LogP contribution in [0, 0.1) is 5.41 Å². The second kappa shape index (κ2) is 4.93. The first-order valence-electron chi connectivity index (χ1n) is 4.34. The first-order chi connectivity index (χ1) is 8.51. The fraction of sp³-hybridized carbons (Fsp3) is 0.857.